The zero-order valence-corrected chi connectivity index (χ0v) is 14.7. The molecule has 0 bridgehead atoms. The quantitative estimate of drug-likeness (QED) is 0.539. The second kappa shape index (κ2) is 8.77. The van der Waals surface area contributed by atoms with Crippen LogP contribution >= 0.6 is 0 Å². The standard InChI is InChI=1S/C18H24N4O4/c23-16-14-4-1-2-5-15(14)17(24)22(16)8-3-6-19-18(25)20-7-9-21-10-12-26-13-11-21/h1-2,4-5H,3,6-13H2,(H2,19,20,25). The molecule has 0 aromatic heterocycles. The number of ether oxygens (including phenoxy) is 1. The highest BCUT2D eigenvalue weighted by Gasteiger charge is 2.34. The van der Waals surface area contributed by atoms with E-state index >= 15 is 0 Å². The van der Waals surface area contributed by atoms with Crippen molar-refractivity contribution in [2.24, 2.45) is 0 Å². The van der Waals surface area contributed by atoms with Gasteiger partial charge in [-0.25, -0.2) is 4.79 Å². The van der Waals surface area contributed by atoms with Gasteiger partial charge in [-0.05, 0) is 18.6 Å². The fourth-order valence-electron chi connectivity index (χ4n) is 3.10. The molecule has 2 heterocycles. The van der Waals surface area contributed by atoms with E-state index in [9.17, 15) is 14.4 Å². The number of hydrogen-bond donors (Lipinski definition) is 2. The average Bonchev–Trinajstić information content (AvgIpc) is 2.91. The van der Waals surface area contributed by atoms with E-state index in [1.54, 1.807) is 24.3 Å². The maximum Gasteiger partial charge on any atom is 0.314 e. The number of hydrogen-bond acceptors (Lipinski definition) is 5. The lowest BCUT2D eigenvalue weighted by Crippen LogP contribution is -2.44. The van der Waals surface area contributed by atoms with Crippen LogP contribution in [-0.2, 0) is 4.74 Å². The molecule has 1 saturated heterocycles. The summed E-state index contributed by atoms with van der Waals surface area (Å²) in [5.74, 6) is -0.527. The lowest BCUT2D eigenvalue weighted by Gasteiger charge is -2.26. The molecule has 2 aliphatic heterocycles. The molecular formula is C18H24N4O4. The zero-order valence-electron chi connectivity index (χ0n) is 14.7. The number of rotatable bonds is 7. The van der Waals surface area contributed by atoms with Gasteiger partial charge in [0.05, 0.1) is 24.3 Å². The van der Waals surface area contributed by atoms with Gasteiger partial charge in [0.15, 0.2) is 0 Å². The summed E-state index contributed by atoms with van der Waals surface area (Å²) in [6.07, 6.45) is 0.516. The molecule has 2 aliphatic rings. The number of morpholine rings is 1. The van der Waals surface area contributed by atoms with Crippen molar-refractivity contribution in [3.8, 4) is 0 Å². The van der Waals surface area contributed by atoms with E-state index in [0.29, 0.717) is 37.2 Å². The van der Waals surface area contributed by atoms with E-state index in [2.05, 4.69) is 15.5 Å². The van der Waals surface area contributed by atoms with Gasteiger partial charge in [-0.3, -0.25) is 19.4 Å². The van der Waals surface area contributed by atoms with Gasteiger partial charge < -0.3 is 15.4 Å². The van der Waals surface area contributed by atoms with Crippen molar-refractivity contribution >= 4 is 17.8 Å². The van der Waals surface area contributed by atoms with Crippen LogP contribution in [0.5, 0.6) is 0 Å². The van der Waals surface area contributed by atoms with Crippen LogP contribution in [0.15, 0.2) is 24.3 Å². The first kappa shape index (κ1) is 18.3. The Hall–Kier alpha value is -2.45. The summed E-state index contributed by atoms with van der Waals surface area (Å²) in [5, 5.41) is 5.56. The molecule has 8 heteroatoms. The highest BCUT2D eigenvalue weighted by Crippen LogP contribution is 2.22. The highest BCUT2D eigenvalue weighted by molar-refractivity contribution is 6.21. The number of fused-ring (bicyclic) bond motifs is 1. The van der Waals surface area contributed by atoms with Crippen LogP contribution in [0.3, 0.4) is 0 Å². The number of benzene rings is 1. The second-order valence-corrected chi connectivity index (χ2v) is 6.30. The maximum absolute atomic E-state index is 12.2. The predicted octanol–water partition coefficient (Wildman–Crippen LogP) is 0.304. The fourth-order valence-corrected chi connectivity index (χ4v) is 3.10. The Morgan fingerprint density at radius 3 is 2.23 bits per heavy atom. The summed E-state index contributed by atoms with van der Waals surface area (Å²) in [6, 6.07) is 6.58. The minimum absolute atomic E-state index is 0.236. The third-order valence-electron chi connectivity index (χ3n) is 4.54. The maximum atomic E-state index is 12.2. The summed E-state index contributed by atoms with van der Waals surface area (Å²) in [4.78, 5) is 39.7. The van der Waals surface area contributed by atoms with E-state index in [4.69, 9.17) is 4.74 Å². The van der Waals surface area contributed by atoms with Crippen molar-refractivity contribution in [1.29, 1.82) is 0 Å². The van der Waals surface area contributed by atoms with Crippen molar-refractivity contribution in [2.75, 3.05) is 52.5 Å². The van der Waals surface area contributed by atoms with Crippen molar-refractivity contribution < 1.29 is 19.1 Å². The molecule has 0 saturated carbocycles. The second-order valence-electron chi connectivity index (χ2n) is 6.30. The zero-order chi connectivity index (χ0) is 18.4. The third-order valence-corrected chi connectivity index (χ3v) is 4.54. The number of carbonyl (C=O) groups is 3. The molecule has 140 valence electrons. The van der Waals surface area contributed by atoms with E-state index < -0.39 is 0 Å². The van der Waals surface area contributed by atoms with Crippen LogP contribution < -0.4 is 10.6 Å². The molecule has 0 atom stereocenters. The SMILES string of the molecule is O=C(NCCCN1C(=O)c2ccccc2C1=O)NCCN1CCOCC1. The molecule has 2 N–H and O–H groups in total. The van der Waals surface area contributed by atoms with Crippen molar-refractivity contribution in [1.82, 2.24) is 20.4 Å². The van der Waals surface area contributed by atoms with Crippen LogP contribution in [-0.4, -0.2) is 80.1 Å². The molecule has 0 spiro atoms. The van der Waals surface area contributed by atoms with E-state index in [1.165, 1.54) is 4.90 Å². The summed E-state index contributed by atoms with van der Waals surface area (Å²) in [6.45, 7) is 5.33. The minimum atomic E-state index is -0.263. The first-order valence-electron chi connectivity index (χ1n) is 8.94. The summed E-state index contributed by atoms with van der Waals surface area (Å²) in [7, 11) is 0. The molecule has 3 rings (SSSR count). The third kappa shape index (κ3) is 4.39. The van der Waals surface area contributed by atoms with Gasteiger partial charge >= 0.3 is 6.03 Å². The van der Waals surface area contributed by atoms with Gasteiger partial charge in [0.1, 0.15) is 0 Å². The van der Waals surface area contributed by atoms with Crippen LogP contribution in [0.4, 0.5) is 4.79 Å². The van der Waals surface area contributed by atoms with Gasteiger partial charge in [0.25, 0.3) is 11.8 Å². The lowest BCUT2D eigenvalue weighted by molar-refractivity contribution is 0.0387. The molecule has 1 fully saturated rings. The van der Waals surface area contributed by atoms with Gasteiger partial charge in [-0.1, -0.05) is 12.1 Å². The van der Waals surface area contributed by atoms with E-state index in [-0.39, 0.29) is 17.8 Å². The van der Waals surface area contributed by atoms with Crippen molar-refractivity contribution in [3.63, 3.8) is 0 Å². The van der Waals surface area contributed by atoms with Gasteiger partial charge in [0.2, 0.25) is 0 Å². The Morgan fingerprint density at radius 2 is 1.58 bits per heavy atom. The van der Waals surface area contributed by atoms with Crippen molar-refractivity contribution in [2.45, 2.75) is 6.42 Å². The van der Waals surface area contributed by atoms with Gasteiger partial charge in [0, 0.05) is 39.3 Å². The fraction of sp³-hybridized carbons (Fsp3) is 0.500. The molecule has 0 unspecified atom stereocenters. The Kier molecular flexibility index (Phi) is 6.19. The lowest BCUT2D eigenvalue weighted by atomic mass is 10.1. The summed E-state index contributed by atoms with van der Waals surface area (Å²) >= 11 is 0. The topological polar surface area (TPSA) is 91.0 Å². The smallest absolute Gasteiger partial charge is 0.314 e. The number of urea groups is 1. The van der Waals surface area contributed by atoms with Crippen molar-refractivity contribution in [3.05, 3.63) is 35.4 Å². The van der Waals surface area contributed by atoms with Crippen LogP contribution in [0.1, 0.15) is 27.1 Å². The Balaban J connectivity index is 1.31. The predicted molar refractivity (Wildman–Crippen MR) is 95.1 cm³/mol. The molecule has 0 aliphatic carbocycles. The highest BCUT2D eigenvalue weighted by atomic mass is 16.5. The first-order valence-corrected chi connectivity index (χ1v) is 8.94. The average molecular weight is 360 g/mol. The minimum Gasteiger partial charge on any atom is -0.379 e. The van der Waals surface area contributed by atoms with Gasteiger partial charge in [-0.15, -0.1) is 0 Å². The van der Waals surface area contributed by atoms with E-state index in [0.717, 1.165) is 32.8 Å². The van der Waals surface area contributed by atoms with Gasteiger partial charge in [-0.2, -0.15) is 0 Å². The van der Waals surface area contributed by atoms with E-state index in [1.807, 2.05) is 0 Å². The normalized spacial score (nSPS) is 17.3. The molecule has 1 aromatic rings. The monoisotopic (exact) mass is 360 g/mol. The Morgan fingerprint density at radius 1 is 0.962 bits per heavy atom. The molecule has 8 nitrogen and oxygen atoms in total. The molecule has 26 heavy (non-hydrogen) atoms. The number of nitrogens with zero attached hydrogens (tertiary/aromatic N) is 2. The van der Waals surface area contributed by atoms with Crippen LogP contribution in [0.2, 0.25) is 0 Å². The number of carbonyl (C=O) groups excluding carboxylic acids is 3. The molecular weight excluding hydrogens is 336 g/mol. The molecule has 0 radical (unpaired) electrons. The largest absolute Gasteiger partial charge is 0.379 e. The Bertz CT molecular complexity index is 638. The Labute approximate surface area is 152 Å². The first-order chi connectivity index (χ1) is 12.7. The molecule has 4 amide bonds. The summed E-state index contributed by atoms with van der Waals surface area (Å²) in [5.41, 5.74) is 0.901. The van der Waals surface area contributed by atoms with Crippen LogP contribution in [0.25, 0.3) is 0 Å². The number of nitrogens with one attached hydrogen (secondary N) is 2. The molecule has 1 aromatic carbocycles. The number of imide groups is 1. The summed E-state index contributed by atoms with van der Waals surface area (Å²) < 4.78 is 5.28. The van der Waals surface area contributed by atoms with Crippen LogP contribution in [0, 0.1) is 0 Å². The number of amides is 4.